The number of ether oxygens (including phenoxy) is 1. The summed E-state index contributed by atoms with van der Waals surface area (Å²) in [5.41, 5.74) is 8.55. The Morgan fingerprint density at radius 3 is 2.59 bits per heavy atom. The molecule has 0 radical (unpaired) electrons. The zero-order chi connectivity index (χ0) is 20.1. The highest BCUT2D eigenvalue weighted by molar-refractivity contribution is 7.16. The van der Waals surface area contributed by atoms with E-state index in [0.29, 0.717) is 45.9 Å². The van der Waals surface area contributed by atoms with Crippen molar-refractivity contribution in [3.63, 3.8) is 0 Å². The van der Waals surface area contributed by atoms with E-state index in [0.717, 1.165) is 11.1 Å². The summed E-state index contributed by atoms with van der Waals surface area (Å²) in [4.78, 5) is 12.8. The summed E-state index contributed by atoms with van der Waals surface area (Å²) in [6.07, 6.45) is 7.57. The SMILES string of the molecule is N#Cc1ccc(-c2ncc(CCN)cn2)c(Oc2nnc(-c3ccncc3)s2)c1. The average molecular weight is 401 g/mol. The Balaban J connectivity index is 1.66. The second-order valence-corrected chi connectivity index (χ2v) is 6.93. The van der Waals surface area contributed by atoms with E-state index in [9.17, 15) is 5.26 Å². The molecule has 4 rings (SSSR count). The maximum Gasteiger partial charge on any atom is 0.299 e. The van der Waals surface area contributed by atoms with E-state index >= 15 is 0 Å². The Bertz CT molecular complexity index is 1150. The molecule has 2 N–H and O–H groups in total. The molecule has 0 atom stereocenters. The molecule has 0 unspecified atom stereocenters. The van der Waals surface area contributed by atoms with Gasteiger partial charge in [-0.3, -0.25) is 4.98 Å². The third kappa shape index (κ3) is 4.24. The molecule has 0 aliphatic carbocycles. The van der Waals surface area contributed by atoms with E-state index in [2.05, 4.69) is 31.2 Å². The Morgan fingerprint density at radius 1 is 1.07 bits per heavy atom. The van der Waals surface area contributed by atoms with Gasteiger partial charge in [0, 0.05) is 30.4 Å². The largest absolute Gasteiger partial charge is 0.429 e. The first-order valence-electron chi connectivity index (χ1n) is 8.74. The predicted octanol–water partition coefficient (Wildman–Crippen LogP) is 3.22. The molecule has 0 amide bonds. The topological polar surface area (TPSA) is 123 Å². The van der Waals surface area contributed by atoms with Gasteiger partial charge in [0.05, 0.1) is 17.2 Å². The van der Waals surface area contributed by atoms with Crippen molar-refractivity contribution in [1.82, 2.24) is 25.1 Å². The minimum Gasteiger partial charge on any atom is -0.429 e. The Labute approximate surface area is 170 Å². The fourth-order valence-corrected chi connectivity index (χ4v) is 3.32. The van der Waals surface area contributed by atoms with Gasteiger partial charge in [-0.1, -0.05) is 16.4 Å². The van der Waals surface area contributed by atoms with Crippen molar-refractivity contribution in [3.8, 4) is 39.0 Å². The molecule has 1 aromatic carbocycles. The molecule has 0 spiro atoms. The molecule has 3 aromatic heterocycles. The van der Waals surface area contributed by atoms with Gasteiger partial charge >= 0.3 is 0 Å². The predicted molar refractivity (Wildman–Crippen MR) is 108 cm³/mol. The van der Waals surface area contributed by atoms with Crippen LogP contribution in [0.5, 0.6) is 10.9 Å². The summed E-state index contributed by atoms with van der Waals surface area (Å²) in [7, 11) is 0. The Kier molecular flexibility index (Phi) is 5.47. The average Bonchev–Trinajstić information content (AvgIpc) is 3.24. The fraction of sp³-hybridized carbons (Fsp3) is 0.100. The van der Waals surface area contributed by atoms with Crippen LogP contribution < -0.4 is 10.5 Å². The molecule has 0 saturated heterocycles. The maximum absolute atomic E-state index is 9.26. The quantitative estimate of drug-likeness (QED) is 0.522. The molecule has 0 aliphatic heterocycles. The molecule has 0 saturated carbocycles. The smallest absolute Gasteiger partial charge is 0.299 e. The number of hydrogen-bond donors (Lipinski definition) is 1. The van der Waals surface area contributed by atoms with Crippen molar-refractivity contribution < 1.29 is 4.74 Å². The van der Waals surface area contributed by atoms with Crippen LogP contribution in [0, 0.1) is 11.3 Å². The van der Waals surface area contributed by atoms with E-state index in [-0.39, 0.29) is 0 Å². The van der Waals surface area contributed by atoms with Crippen LogP contribution in [0.25, 0.3) is 22.0 Å². The van der Waals surface area contributed by atoms with Gasteiger partial charge in [-0.2, -0.15) is 5.26 Å². The van der Waals surface area contributed by atoms with Crippen LogP contribution in [0.2, 0.25) is 0 Å². The number of nitrogens with two attached hydrogens (primary N) is 1. The van der Waals surface area contributed by atoms with E-state index in [1.807, 2.05) is 12.1 Å². The number of nitriles is 1. The number of aromatic nitrogens is 5. The van der Waals surface area contributed by atoms with Gasteiger partial charge in [0.1, 0.15) is 5.75 Å². The summed E-state index contributed by atoms with van der Waals surface area (Å²) < 4.78 is 5.96. The van der Waals surface area contributed by atoms with Crippen LogP contribution in [0.1, 0.15) is 11.1 Å². The molecule has 142 valence electrons. The minimum atomic E-state index is 0.355. The lowest BCUT2D eigenvalue weighted by atomic mass is 10.1. The van der Waals surface area contributed by atoms with Gasteiger partial charge in [-0.15, -0.1) is 5.10 Å². The summed E-state index contributed by atoms with van der Waals surface area (Å²) in [6.45, 7) is 0.533. The van der Waals surface area contributed by atoms with Gasteiger partial charge < -0.3 is 10.5 Å². The highest BCUT2D eigenvalue weighted by Crippen LogP contribution is 2.35. The highest BCUT2D eigenvalue weighted by Gasteiger charge is 2.15. The minimum absolute atomic E-state index is 0.355. The first-order valence-corrected chi connectivity index (χ1v) is 9.56. The second kappa shape index (κ2) is 8.52. The van der Waals surface area contributed by atoms with Crippen molar-refractivity contribution in [2.75, 3.05) is 6.54 Å². The van der Waals surface area contributed by atoms with Gasteiger partial charge in [-0.05, 0) is 48.9 Å². The van der Waals surface area contributed by atoms with E-state index in [4.69, 9.17) is 10.5 Å². The molecule has 4 aromatic rings. The van der Waals surface area contributed by atoms with Crippen LogP contribution in [0.4, 0.5) is 0 Å². The summed E-state index contributed by atoms with van der Waals surface area (Å²) in [5.74, 6) is 0.928. The van der Waals surface area contributed by atoms with Gasteiger partial charge in [0.25, 0.3) is 5.19 Å². The van der Waals surface area contributed by atoms with E-state index in [1.54, 1.807) is 43.0 Å². The number of pyridine rings is 1. The third-order valence-corrected chi connectivity index (χ3v) is 4.87. The van der Waals surface area contributed by atoms with Crippen LogP contribution in [0.3, 0.4) is 0 Å². The zero-order valence-corrected chi connectivity index (χ0v) is 16.0. The monoisotopic (exact) mass is 401 g/mol. The molecular formula is C20H15N7OS. The lowest BCUT2D eigenvalue weighted by Gasteiger charge is -2.09. The van der Waals surface area contributed by atoms with Crippen LogP contribution in [-0.4, -0.2) is 31.7 Å². The summed E-state index contributed by atoms with van der Waals surface area (Å²) in [6, 6.07) is 10.9. The molecular weight excluding hydrogens is 386 g/mol. The Morgan fingerprint density at radius 2 is 1.86 bits per heavy atom. The second-order valence-electron chi connectivity index (χ2n) is 5.99. The standard InChI is InChI=1S/C20H15N7OS/c21-6-3-14-11-24-18(25-12-14)16-2-1-13(10-22)9-17(16)28-20-27-26-19(29-20)15-4-7-23-8-5-15/h1-2,4-5,7-9,11-12H,3,6,21H2. The molecule has 3 heterocycles. The summed E-state index contributed by atoms with van der Waals surface area (Å²) in [5, 5.41) is 18.6. The molecule has 0 fully saturated rings. The van der Waals surface area contributed by atoms with Crippen LogP contribution in [-0.2, 0) is 6.42 Å². The van der Waals surface area contributed by atoms with Crippen LogP contribution >= 0.6 is 11.3 Å². The lowest BCUT2D eigenvalue weighted by molar-refractivity contribution is 0.474. The van der Waals surface area contributed by atoms with Crippen molar-refractivity contribution in [3.05, 3.63) is 66.2 Å². The molecule has 8 nitrogen and oxygen atoms in total. The van der Waals surface area contributed by atoms with Crippen molar-refractivity contribution in [1.29, 1.82) is 5.26 Å². The van der Waals surface area contributed by atoms with E-state index < -0.39 is 0 Å². The first kappa shape index (κ1) is 18.6. The van der Waals surface area contributed by atoms with Gasteiger partial charge in [0.2, 0.25) is 0 Å². The third-order valence-electron chi connectivity index (χ3n) is 4.02. The van der Waals surface area contributed by atoms with Crippen molar-refractivity contribution in [2.24, 2.45) is 5.73 Å². The van der Waals surface area contributed by atoms with E-state index in [1.165, 1.54) is 11.3 Å². The number of rotatable bonds is 6. The van der Waals surface area contributed by atoms with Gasteiger partial charge in [-0.25, -0.2) is 9.97 Å². The zero-order valence-electron chi connectivity index (χ0n) is 15.2. The number of nitrogens with zero attached hydrogens (tertiary/aromatic N) is 6. The number of benzene rings is 1. The van der Waals surface area contributed by atoms with Crippen molar-refractivity contribution in [2.45, 2.75) is 6.42 Å². The Hall–Kier alpha value is -3.74. The first-order chi connectivity index (χ1) is 14.3. The van der Waals surface area contributed by atoms with Crippen molar-refractivity contribution >= 4 is 11.3 Å². The molecule has 0 bridgehead atoms. The van der Waals surface area contributed by atoms with Crippen LogP contribution in [0.15, 0.2) is 55.1 Å². The summed E-state index contributed by atoms with van der Waals surface area (Å²) >= 11 is 1.30. The highest BCUT2D eigenvalue weighted by atomic mass is 32.1. The van der Waals surface area contributed by atoms with Gasteiger partial charge in [0.15, 0.2) is 10.8 Å². The molecule has 0 aliphatic rings. The maximum atomic E-state index is 9.26. The fourth-order valence-electron chi connectivity index (χ4n) is 2.61. The molecule has 29 heavy (non-hydrogen) atoms. The lowest BCUT2D eigenvalue weighted by Crippen LogP contribution is -2.04. The number of hydrogen-bond acceptors (Lipinski definition) is 9. The molecule has 9 heteroatoms. The normalized spacial score (nSPS) is 10.5.